The first kappa shape index (κ1) is 19.4. The molecule has 0 bridgehead atoms. The largest absolute Gasteiger partial charge is 0.487 e. The van der Waals surface area contributed by atoms with E-state index in [9.17, 15) is 4.79 Å². The molecule has 4 rings (SSSR count). The molecular weight excluding hydrogens is 409 g/mol. The van der Waals surface area contributed by atoms with E-state index in [1.165, 1.54) is 5.56 Å². The molecule has 0 saturated carbocycles. The summed E-state index contributed by atoms with van der Waals surface area (Å²) in [6, 6.07) is 17.3. The van der Waals surface area contributed by atoms with Crippen LogP contribution in [-0.4, -0.2) is 9.97 Å². The molecule has 29 heavy (non-hydrogen) atoms. The van der Waals surface area contributed by atoms with Crippen molar-refractivity contribution in [1.82, 2.24) is 9.97 Å². The second-order valence-corrected chi connectivity index (χ2v) is 7.69. The van der Waals surface area contributed by atoms with Crippen molar-refractivity contribution >= 4 is 39.9 Å². The minimum absolute atomic E-state index is 0.231. The minimum Gasteiger partial charge on any atom is -0.487 e. The summed E-state index contributed by atoms with van der Waals surface area (Å²) in [5, 5.41) is 4.34. The van der Waals surface area contributed by atoms with Gasteiger partial charge in [-0.25, -0.2) is 4.79 Å². The van der Waals surface area contributed by atoms with Gasteiger partial charge in [-0.2, -0.15) is 0 Å². The summed E-state index contributed by atoms with van der Waals surface area (Å²) in [5.41, 5.74) is 5.22. The van der Waals surface area contributed by atoms with Crippen LogP contribution in [0.25, 0.3) is 11.0 Å². The first-order valence-corrected chi connectivity index (χ1v) is 9.86. The van der Waals surface area contributed by atoms with E-state index in [1.807, 2.05) is 55.5 Å². The topological polar surface area (TPSA) is 69.9 Å². The molecule has 0 atom stereocenters. The fourth-order valence-electron chi connectivity index (χ4n) is 3.09. The van der Waals surface area contributed by atoms with Crippen LogP contribution in [0.15, 0.2) is 59.4 Å². The molecule has 3 aromatic carbocycles. The number of imidazole rings is 1. The lowest BCUT2D eigenvalue weighted by atomic mass is 10.1. The molecule has 3 N–H and O–H groups in total. The number of aryl methyl sites for hydroxylation is 1. The van der Waals surface area contributed by atoms with Crippen LogP contribution in [-0.2, 0) is 13.2 Å². The van der Waals surface area contributed by atoms with Gasteiger partial charge in [0.15, 0.2) is 0 Å². The van der Waals surface area contributed by atoms with Crippen LogP contribution in [0, 0.1) is 6.92 Å². The van der Waals surface area contributed by atoms with E-state index >= 15 is 0 Å². The van der Waals surface area contributed by atoms with E-state index in [2.05, 4.69) is 15.3 Å². The molecule has 0 aliphatic heterocycles. The Morgan fingerprint density at radius 3 is 2.52 bits per heavy atom. The average Bonchev–Trinajstić information content (AvgIpc) is 3.06. The lowest BCUT2D eigenvalue weighted by Gasteiger charge is -2.15. The van der Waals surface area contributed by atoms with Gasteiger partial charge in [0.2, 0.25) is 0 Å². The van der Waals surface area contributed by atoms with Crippen LogP contribution < -0.4 is 15.7 Å². The second-order valence-electron chi connectivity index (χ2n) is 6.84. The molecule has 0 saturated heterocycles. The van der Waals surface area contributed by atoms with E-state index < -0.39 is 0 Å². The highest BCUT2D eigenvalue weighted by atomic mass is 35.5. The minimum atomic E-state index is -0.231. The number of ether oxygens (including phenoxy) is 1. The number of aromatic nitrogens is 2. The van der Waals surface area contributed by atoms with Gasteiger partial charge in [0.05, 0.1) is 16.1 Å². The third-order valence-electron chi connectivity index (χ3n) is 4.59. The Hall–Kier alpha value is -2.89. The lowest BCUT2D eigenvalue weighted by molar-refractivity contribution is 0.303. The highest BCUT2D eigenvalue weighted by Gasteiger charge is 2.12. The summed E-state index contributed by atoms with van der Waals surface area (Å²) in [5.74, 6) is 0.597. The Balaban J connectivity index is 1.53. The van der Waals surface area contributed by atoms with Crippen LogP contribution in [0.3, 0.4) is 0 Å². The Labute approximate surface area is 177 Å². The van der Waals surface area contributed by atoms with Gasteiger partial charge in [0.1, 0.15) is 12.4 Å². The number of rotatable bonds is 6. The zero-order valence-corrected chi connectivity index (χ0v) is 17.2. The molecule has 0 aliphatic carbocycles. The number of benzene rings is 3. The normalized spacial score (nSPS) is 11.0. The van der Waals surface area contributed by atoms with Crippen molar-refractivity contribution in [3.63, 3.8) is 0 Å². The number of fused-ring (bicyclic) bond motifs is 1. The SMILES string of the molecule is Cc1ccc(COc2c(Cl)cc(Cl)cc2CNc2ccc3[nH]c(=O)[nH]c3c2)cc1. The zero-order chi connectivity index (χ0) is 20.4. The standard InChI is InChI=1S/C22H19Cl2N3O2/c1-13-2-4-14(5-3-13)12-29-21-15(8-16(23)9-18(21)24)11-25-17-6-7-19-20(10-17)27-22(28)26-19/h2-10,25H,11-12H2,1H3,(H2,26,27,28). The highest BCUT2D eigenvalue weighted by Crippen LogP contribution is 2.33. The van der Waals surface area contributed by atoms with Crippen LogP contribution in [0.5, 0.6) is 5.75 Å². The summed E-state index contributed by atoms with van der Waals surface area (Å²) >= 11 is 12.6. The molecule has 0 unspecified atom stereocenters. The number of hydrogen-bond acceptors (Lipinski definition) is 3. The van der Waals surface area contributed by atoms with Gasteiger partial charge < -0.3 is 20.0 Å². The third kappa shape index (κ3) is 4.58. The zero-order valence-electron chi connectivity index (χ0n) is 15.7. The van der Waals surface area contributed by atoms with Crippen LogP contribution >= 0.6 is 23.2 Å². The van der Waals surface area contributed by atoms with Crippen molar-refractivity contribution in [3.8, 4) is 5.75 Å². The molecule has 5 nitrogen and oxygen atoms in total. The van der Waals surface area contributed by atoms with Crippen molar-refractivity contribution in [2.45, 2.75) is 20.1 Å². The van der Waals surface area contributed by atoms with E-state index in [0.717, 1.165) is 27.8 Å². The summed E-state index contributed by atoms with van der Waals surface area (Å²) in [7, 11) is 0. The average molecular weight is 428 g/mol. The predicted molar refractivity (Wildman–Crippen MR) is 118 cm³/mol. The molecule has 1 heterocycles. The van der Waals surface area contributed by atoms with Crippen molar-refractivity contribution in [2.75, 3.05) is 5.32 Å². The van der Waals surface area contributed by atoms with Gasteiger partial charge in [-0.1, -0.05) is 53.0 Å². The summed E-state index contributed by atoms with van der Waals surface area (Å²) in [6.45, 7) is 2.92. The van der Waals surface area contributed by atoms with Gasteiger partial charge in [0, 0.05) is 22.8 Å². The van der Waals surface area contributed by atoms with E-state index in [1.54, 1.807) is 6.07 Å². The Bertz CT molecular complexity index is 1210. The fraction of sp³-hybridized carbons (Fsp3) is 0.136. The van der Waals surface area contributed by atoms with Crippen LogP contribution in [0.2, 0.25) is 10.0 Å². The number of anilines is 1. The molecule has 4 aromatic rings. The van der Waals surface area contributed by atoms with Crippen molar-refractivity contribution in [3.05, 3.63) is 91.8 Å². The number of H-pyrrole nitrogens is 2. The van der Waals surface area contributed by atoms with Gasteiger partial charge in [-0.15, -0.1) is 0 Å². The van der Waals surface area contributed by atoms with E-state index in [4.69, 9.17) is 27.9 Å². The van der Waals surface area contributed by atoms with E-state index in [0.29, 0.717) is 28.9 Å². The molecule has 0 spiro atoms. The highest BCUT2D eigenvalue weighted by molar-refractivity contribution is 6.35. The quantitative estimate of drug-likeness (QED) is 0.371. The second kappa shape index (κ2) is 8.23. The van der Waals surface area contributed by atoms with Gasteiger partial charge in [-0.3, -0.25) is 0 Å². The van der Waals surface area contributed by atoms with Gasteiger partial charge >= 0.3 is 5.69 Å². The lowest BCUT2D eigenvalue weighted by Crippen LogP contribution is -2.04. The molecule has 0 fully saturated rings. The van der Waals surface area contributed by atoms with E-state index in [-0.39, 0.29) is 5.69 Å². The van der Waals surface area contributed by atoms with Crippen LogP contribution in [0.1, 0.15) is 16.7 Å². The first-order valence-electron chi connectivity index (χ1n) is 9.10. The Morgan fingerprint density at radius 1 is 0.966 bits per heavy atom. The maximum absolute atomic E-state index is 11.4. The van der Waals surface area contributed by atoms with Gasteiger partial charge in [-0.05, 0) is 42.8 Å². The molecule has 0 radical (unpaired) electrons. The summed E-state index contributed by atoms with van der Waals surface area (Å²) in [4.78, 5) is 16.9. The Kier molecular flexibility index (Phi) is 5.51. The molecule has 1 aromatic heterocycles. The molecule has 148 valence electrons. The predicted octanol–water partition coefficient (Wildman–Crippen LogP) is 5.66. The number of nitrogens with one attached hydrogen (secondary N) is 3. The monoisotopic (exact) mass is 427 g/mol. The van der Waals surface area contributed by atoms with Gasteiger partial charge in [0.25, 0.3) is 0 Å². The van der Waals surface area contributed by atoms with Crippen LogP contribution in [0.4, 0.5) is 5.69 Å². The molecule has 7 heteroatoms. The first-order chi connectivity index (χ1) is 14.0. The molecule has 0 amide bonds. The maximum Gasteiger partial charge on any atom is 0.323 e. The fourth-order valence-corrected chi connectivity index (χ4v) is 3.68. The third-order valence-corrected chi connectivity index (χ3v) is 5.09. The number of halogens is 2. The van der Waals surface area contributed by atoms with Crippen molar-refractivity contribution in [2.24, 2.45) is 0 Å². The van der Waals surface area contributed by atoms with Crippen molar-refractivity contribution in [1.29, 1.82) is 0 Å². The smallest absolute Gasteiger partial charge is 0.323 e. The Morgan fingerprint density at radius 2 is 1.72 bits per heavy atom. The maximum atomic E-state index is 11.4. The summed E-state index contributed by atoms with van der Waals surface area (Å²) in [6.07, 6.45) is 0. The number of hydrogen-bond donors (Lipinski definition) is 3. The summed E-state index contributed by atoms with van der Waals surface area (Å²) < 4.78 is 6.03. The molecule has 0 aliphatic rings. The number of aromatic amines is 2. The van der Waals surface area contributed by atoms with Crippen molar-refractivity contribution < 1.29 is 4.74 Å². The molecular formula is C22H19Cl2N3O2.